The minimum absolute atomic E-state index is 0.123. The van der Waals surface area contributed by atoms with Gasteiger partial charge >= 0.3 is 0 Å². The topological polar surface area (TPSA) is 44.8 Å². The van der Waals surface area contributed by atoms with Crippen molar-refractivity contribution in [2.24, 2.45) is 0 Å². The molecule has 0 unspecified atom stereocenters. The second kappa shape index (κ2) is 11.2. The quantitative estimate of drug-likeness (QED) is 0.287. The molecule has 28 heavy (non-hydrogen) atoms. The fraction of sp³-hybridized carbons (Fsp3) is 0.125. The highest BCUT2D eigenvalue weighted by Crippen LogP contribution is 2.26. The summed E-state index contributed by atoms with van der Waals surface area (Å²) in [6.45, 7) is 12.1. The van der Waals surface area contributed by atoms with Crippen molar-refractivity contribution in [2.75, 3.05) is 19.8 Å². The smallest absolute Gasteiger partial charge is 0.185 e. The summed E-state index contributed by atoms with van der Waals surface area (Å²) in [5.41, 5.74) is 1.30. The van der Waals surface area contributed by atoms with Crippen molar-refractivity contribution >= 4 is 11.9 Å². The molecule has 0 saturated heterocycles. The molecule has 0 spiro atoms. The van der Waals surface area contributed by atoms with Crippen LogP contribution in [0.15, 0.2) is 86.5 Å². The Morgan fingerprint density at radius 1 is 0.786 bits per heavy atom. The van der Waals surface area contributed by atoms with E-state index in [-0.39, 0.29) is 5.78 Å². The zero-order chi connectivity index (χ0) is 20.2. The summed E-state index contributed by atoms with van der Waals surface area (Å²) in [7, 11) is 0. The van der Waals surface area contributed by atoms with Gasteiger partial charge < -0.3 is 14.2 Å². The third-order valence-corrected chi connectivity index (χ3v) is 3.63. The van der Waals surface area contributed by atoms with Crippen molar-refractivity contribution in [1.29, 1.82) is 0 Å². The molecule has 0 N–H and O–H groups in total. The summed E-state index contributed by atoms with van der Waals surface area (Å²) in [4.78, 5) is 12.5. The zero-order valence-corrected chi connectivity index (χ0v) is 15.8. The number of hydrogen-bond acceptors (Lipinski definition) is 4. The van der Waals surface area contributed by atoms with Crippen LogP contribution in [0.4, 0.5) is 0 Å². The molecule has 0 amide bonds. The van der Waals surface area contributed by atoms with Crippen LogP contribution in [-0.2, 0) is 0 Å². The van der Waals surface area contributed by atoms with Crippen LogP contribution < -0.4 is 14.2 Å². The minimum Gasteiger partial charge on any atom is -0.490 e. The summed E-state index contributed by atoms with van der Waals surface area (Å²) in [6, 6.07) is 12.4. The van der Waals surface area contributed by atoms with E-state index in [1.165, 1.54) is 6.08 Å². The first-order valence-corrected chi connectivity index (χ1v) is 8.85. The Morgan fingerprint density at radius 2 is 1.36 bits per heavy atom. The molecule has 2 rings (SSSR count). The molecule has 0 heterocycles. The maximum Gasteiger partial charge on any atom is 0.185 e. The number of benzene rings is 2. The van der Waals surface area contributed by atoms with Gasteiger partial charge in [0, 0.05) is 11.1 Å². The lowest BCUT2D eigenvalue weighted by Crippen LogP contribution is -1.98. The second-order valence-electron chi connectivity index (χ2n) is 5.72. The molecular weight excluding hydrogens is 352 g/mol. The highest BCUT2D eigenvalue weighted by molar-refractivity contribution is 6.07. The normalized spacial score (nSPS) is 10.3. The number of ketones is 1. The fourth-order valence-electron chi connectivity index (χ4n) is 2.31. The molecule has 0 bridgehead atoms. The number of hydrogen-bond donors (Lipinski definition) is 0. The Kier molecular flexibility index (Phi) is 8.34. The van der Waals surface area contributed by atoms with Crippen LogP contribution in [0.25, 0.3) is 6.08 Å². The van der Waals surface area contributed by atoms with E-state index in [9.17, 15) is 4.79 Å². The maximum absolute atomic E-state index is 12.5. The fourth-order valence-corrected chi connectivity index (χ4v) is 2.31. The van der Waals surface area contributed by atoms with E-state index in [1.807, 2.05) is 12.1 Å². The van der Waals surface area contributed by atoms with Gasteiger partial charge in [-0.1, -0.05) is 38.0 Å². The van der Waals surface area contributed by atoms with Crippen LogP contribution in [0.1, 0.15) is 15.9 Å². The van der Waals surface area contributed by atoms with Crippen molar-refractivity contribution < 1.29 is 19.0 Å². The van der Waals surface area contributed by atoms with Crippen molar-refractivity contribution in [1.82, 2.24) is 0 Å². The summed E-state index contributed by atoms with van der Waals surface area (Å²) >= 11 is 0. The van der Waals surface area contributed by atoms with E-state index in [0.29, 0.717) is 42.6 Å². The van der Waals surface area contributed by atoms with Gasteiger partial charge in [-0.3, -0.25) is 4.79 Å². The number of carbonyl (C=O) groups excluding carboxylic acids is 1. The van der Waals surface area contributed by atoms with E-state index in [4.69, 9.17) is 14.2 Å². The number of allylic oxidation sites excluding steroid dienone is 1. The monoisotopic (exact) mass is 376 g/mol. The van der Waals surface area contributed by atoms with Gasteiger partial charge in [0.2, 0.25) is 0 Å². The van der Waals surface area contributed by atoms with Crippen LogP contribution in [-0.4, -0.2) is 25.6 Å². The van der Waals surface area contributed by atoms with E-state index in [2.05, 4.69) is 19.7 Å². The Hall–Kier alpha value is -3.53. The Balaban J connectivity index is 2.17. The summed E-state index contributed by atoms with van der Waals surface area (Å²) < 4.78 is 16.6. The van der Waals surface area contributed by atoms with E-state index >= 15 is 0 Å². The third-order valence-electron chi connectivity index (χ3n) is 3.63. The molecule has 0 aliphatic heterocycles. The molecule has 4 heteroatoms. The molecule has 0 atom stereocenters. The number of ether oxygens (including phenoxy) is 3. The first-order valence-electron chi connectivity index (χ1n) is 8.85. The summed E-state index contributed by atoms with van der Waals surface area (Å²) in [5.74, 6) is 1.87. The molecule has 0 aromatic heterocycles. The Bertz CT molecular complexity index is 847. The van der Waals surface area contributed by atoms with Gasteiger partial charge in [-0.05, 0) is 54.6 Å². The predicted octanol–water partition coefficient (Wildman–Crippen LogP) is 5.28. The molecule has 0 radical (unpaired) electrons. The van der Waals surface area contributed by atoms with Crippen LogP contribution in [0.5, 0.6) is 17.2 Å². The number of rotatable bonds is 12. The molecule has 0 fully saturated rings. The first-order chi connectivity index (χ1) is 13.7. The average Bonchev–Trinajstić information content (AvgIpc) is 2.74. The molecular formula is C24H24O4. The van der Waals surface area contributed by atoms with Crippen LogP contribution in [0.3, 0.4) is 0 Å². The van der Waals surface area contributed by atoms with E-state index in [1.54, 1.807) is 54.6 Å². The minimum atomic E-state index is -0.123. The van der Waals surface area contributed by atoms with Gasteiger partial charge in [0.1, 0.15) is 37.1 Å². The van der Waals surface area contributed by atoms with Crippen LogP contribution in [0, 0.1) is 0 Å². The highest BCUT2D eigenvalue weighted by atomic mass is 16.5. The van der Waals surface area contributed by atoms with Crippen molar-refractivity contribution in [3.63, 3.8) is 0 Å². The van der Waals surface area contributed by atoms with E-state index in [0.717, 1.165) is 5.56 Å². The predicted molar refractivity (Wildman–Crippen MR) is 113 cm³/mol. The SMILES string of the molecule is C=CCOc1ccc(C(=O)/C=C/c2cc(OCC=C)ccc2OCC=C)cc1. The van der Waals surface area contributed by atoms with Crippen LogP contribution in [0.2, 0.25) is 0 Å². The van der Waals surface area contributed by atoms with Gasteiger partial charge in [0.05, 0.1) is 0 Å². The molecule has 2 aromatic carbocycles. The second-order valence-corrected chi connectivity index (χ2v) is 5.72. The van der Waals surface area contributed by atoms with Gasteiger partial charge in [0.25, 0.3) is 0 Å². The molecule has 4 nitrogen and oxygen atoms in total. The Morgan fingerprint density at radius 3 is 2.00 bits per heavy atom. The number of carbonyl (C=O) groups is 1. The van der Waals surface area contributed by atoms with Gasteiger partial charge in [-0.15, -0.1) is 0 Å². The molecule has 0 aliphatic carbocycles. The average molecular weight is 376 g/mol. The van der Waals surface area contributed by atoms with Crippen molar-refractivity contribution in [3.8, 4) is 17.2 Å². The van der Waals surface area contributed by atoms with Crippen molar-refractivity contribution in [3.05, 3.63) is 97.6 Å². The van der Waals surface area contributed by atoms with Gasteiger partial charge in [-0.2, -0.15) is 0 Å². The Labute approximate surface area is 166 Å². The molecule has 0 saturated carbocycles. The lowest BCUT2D eigenvalue weighted by atomic mass is 10.1. The van der Waals surface area contributed by atoms with Gasteiger partial charge in [0.15, 0.2) is 5.78 Å². The van der Waals surface area contributed by atoms with Crippen molar-refractivity contribution in [2.45, 2.75) is 0 Å². The molecule has 0 aliphatic rings. The lowest BCUT2D eigenvalue weighted by molar-refractivity contribution is 0.104. The van der Waals surface area contributed by atoms with Gasteiger partial charge in [-0.25, -0.2) is 0 Å². The molecule has 144 valence electrons. The maximum atomic E-state index is 12.5. The first kappa shape index (κ1) is 20.8. The van der Waals surface area contributed by atoms with E-state index < -0.39 is 0 Å². The largest absolute Gasteiger partial charge is 0.490 e. The highest BCUT2D eigenvalue weighted by Gasteiger charge is 2.06. The lowest BCUT2D eigenvalue weighted by Gasteiger charge is -2.10. The zero-order valence-electron chi connectivity index (χ0n) is 15.8. The standard InChI is InChI=1S/C24H24O4/c1-4-15-26-21-10-7-19(8-11-21)23(25)13-9-20-18-22(27-16-5-2)12-14-24(20)28-17-6-3/h4-14,18H,1-3,15-17H2/b13-9+. The summed E-state index contributed by atoms with van der Waals surface area (Å²) in [6.07, 6.45) is 8.22. The third kappa shape index (κ3) is 6.32. The summed E-state index contributed by atoms with van der Waals surface area (Å²) in [5, 5.41) is 0. The molecule has 2 aromatic rings. The van der Waals surface area contributed by atoms with Crippen LogP contribution >= 0.6 is 0 Å².